The molecule has 8 nitrogen and oxygen atoms in total. The summed E-state index contributed by atoms with van der Waals surface area (Å²) in [6.45, 7) is 2.25. The zero-order valence-corrected chi connectivity index (χ0v) is 16.3. The molecule has 2 amide bonds. The van der Waals surface area contributed by atoms with Crippen LogP contribution in [-0.2, 0) is 11.3 Å². The van der Waals surface area contributed by atoms with Crippen molar-refractivity contribution in [3.63, 3.8) is 0 Å². The molecule has 0 aromatic heterocycles. The van der Waals surface area contributed by atoms with Gasteiger partial charge in [0.25, 0.3) is 5.91 Å². The Morgan fingerprint density at radius 3 is 2.07 bits per heavy atom. The lowest BCUT2D eigenvalue weighted by atomic mass is 10.1. The summed E-state index contributed by atoms with van der Waals surface area (Å²) in [5.41, 5.74) is 1.74. The molecule has 0 aliphatic carbocycles. The summed E-state index contributed by atoms with van der Waals surface area (Å²) in [5, 5.41) is 5.40. The summed E-state index contributed by atoms with van der Waals surface area (Å²) < 4.78 is 20.7. The standard InChI is InChI=1S/C20H24N2O6/c1-5-28-20(24)22-15-8-6-13(7-9-15)19(23)21-12-14-10-17(26-3)18(27-4)11-16(14)25-2/h6-11H,5,12H2,1-4H3,(H,21,23)(H,22,24). The van der Waals surface area contributed by atoms with E-state index >= 15 is 0 Å². The minimum Gasteiger partial charge on any atom is -0.496 e. The Kier molecular flexibility index (Phi) is 7.50. The van der Waals surface area contributed by atoms with E-state index in [2.05, 4.69) is 10.6 Å². The molecule has 2 N–H and O–H groups in total. The molecule has 0 aliphatic heterocycles. The number of anilines is 1. The van der Waals surface area contributed by atoms with Gasteiger partial charge in [-0.05, 0) is 37.3 Å². The van der Waals surface area contributed by atoms with Crippen LogP contribution in [0.4, 0.5) is 10.5 Å². The number of carbonyl (C=O) groups is 2. The predicted octanol–water partition coefficient (Wildman–Crippen LogP) is 3.21. The van der Waals surface area contributed by atoms with Crippen LogP contribution in [0.15, 0.2) is 36.4 Å². The molecule has 2 aromatic carbocycles. The Morgan fingerprint density at radius 1 is 0.893 bits per heavy atom. The lowest BCUT2D eigenvalue weighted by Crippen LogP contribution is -2.23. The van der Waals surface area contributed by atoms with Crippen molar-refractivity contribution in [2.75, 3.05) is 33.3 Å². The molecule has 0 bridgehead atoms. The van der Waals surface area contributed by atoms with Gasteiger partial charge in [-0.3, -0.25) is 10.1 Å². The van der Waals surface area contributed by atoms with Crippen LogP contribution in [0.2, 0.25) is 0 Å². The van der Waals surface area contributed by atoms with Gasteiger partial charge >= 0.3 is 6.09 Å². The van der Waals surface area contributed by atoms with Gasteiger partial charge in [-0.1, -0.05) is 0 Å². The van der Waals surface area contributed by atoms with Crippen molar-refractivity contribution in [2.24, 2.45) is 0 Å². The highest BCUT2D eigenvalue weighted by Crippen LogP contribution is 2.34. The van der Waals surface area contributed by atoms with Gasteiger partial charge in [0, 0.05) is 29.4 Å². The van der Waals surface area contributed by atoms with Gasteiger partial charge < -0.3 is 24.3 Å². The Labute approximate surface area is 163 Å². The lowest BCUT2D eigenvalue weighted by molar-refractivity contribution is 0.0950. The van der Waals surface area contributed by atoms with Crippen LogP contribution in [0.25, 0.3) is 0 Å². The van der Waals surface area contributed by atoms with E-state index in [1.807, 2.05) is 0 Å². The zero-order chi connectivity index (χ0) is 20.5. The van der Waals surface area contributed by atoms with Crippen molar-refractivity contribution in [3.05, 3.63) is 47.5 Å². The maximum absolute atomic E-state index is 12.4. The summed E-state index contributed by atoms with van der Waals surface area (Å²) >= 11 is 0. The van der Waals surface area contributed by atoms with E-state index in [-0.39, 0.29) is 19.1 Å². The Hall–Kier alpha value is -3.42. The summed E-state index contributed by atoms with van der Waals surface area (Å²) in [7, 11) is 4.62. The first-order chi connectivity index (χ1) is 13.5. The first-order valence-corrected chi connectivity index (χ1v) is 8.63. The van der Waals surface area contributed by atoms with Crippen LogP contribution in [0, 0.1) is 0 Å². The molecule has 0 atom stereocenters. The minimum absolute atomic E-state index is 0.241. The molecule has 0 fully saturated rings. The number of benzene rings is 2. The van der Waals surface area contributed by atoms with Crippen LogP contribution in [-0.4, -0.2) is 39.9 Å². The Bertz CT molecular complexity index is 820. The van der Waals surface area contributed by atoms with Gasteiger partial charge in [0.1, 0.15) is 5.75 Å². The maximum atomic E-state index is 12.4. The molecule has 2 rings (SSSR count). The molecule has 28 heavy (non-hydrogen) atoms. The third kappa shape index (κ3) is 5.29. The van der Waals surface area contributed by atoms with Gasteiger partial charge in [0.15, 0.2) is 11.5 Å². The number of methoxy groups -OCH3 is 3. The quantitative estimate of drug-likeness (QED) is 0.721. The largest absolute Gasteiger partial charge is 0.496 e. The van der Waals surface area contributed by atoms with E-state index in [4.69, 9.17) is 18.9 Å². The number of carbonyl (C=O) groups excluding carboxylic acids is 2. The monoisotopic (exact) mass is 388 g/mol. The van der Waals surface area contributed by atoms with E-state index in [0.29, 0.717) is 28.5 Å². The highest BCUT2D eigenvalue weighted by Gasteiger charge is 2.13. The molecular formula is C20H24N2O6. The van der Waals surface area contributed by atoms with E-state index in [9.17, 15) is 9.59 Å². The third-order valence-electron chi connectivity index (χ3n) is 3.89. The molecule has 0 heterocycles. The number of rotatable bonds is 8. The summed E-state index contributed by atoms with van der Waals surface area (Å²) in [6.07, 6.45) is -0.541. The molecule has 0 aliphatic rings. The van der Waals surface area contributed by atoms with Gasteiger partial charge in [0.2, 0.25) is 0 Å². The van der Waals surface area contributed by atoms with Gasteiger partial charge in [-0.15, -0.1) is 0 Å². The summed E-state index contributed by atoms with van der Waals surface area (Å²) in [5.74, 6) is 1.40. The Balaban J connectivity index is 2.04. The van der Waals surface area contributed by atoms with Gasteiger partial charge in [0.05, 0.1) is 27.9 Å². The predicted molar refractivity (Wildman–Crippen MR) is 104 cm³/mol. The number of hydrogen-bond donors (Lipinski definition) is 2. The average Bonchev–Trinajstić information content (AvgIpc) is 2.71. The molecule has 0 radical (unpaired) electrons. The van der Waals surface area contributed by atoms with Crippen LogP contribution < -0.4 is 24.8 Å². The van der Waals surface area contributed by atoms with Crippen molar-refractivity contribution in [1.29, 1.82) is 0 Å². The Morgan fingerprint density at radius 2 is 1.50 bits per heavy atom. The van der Waals surface area contributed by atoms with Crippen molar-refractivity contribution in [3.8, 4) is 17.2 Å². The third-order valence-corrected chi connectivity index (χ3v) is 3.89. The molecule has 0 unspecified atom stereocenters. The fraction of sp³-hybridized carbons (Fsp3) is 0.300. The van der Waals surface area contributed by atoms with Crippen molar-refractivity contribution in [1.82, 2.24) is 5.32 Å². The fourth-order valence-electron chi connectivity index (χ4n) is 2.50. The number of ether oxygens (including phenoxy) is 4. The second-order valence-corrected chi connectivity index (χ2v) is 5.62. The van der Waals surface area contributed by atoms with Crippen molar-refractivity contribution >= 4 is 17.7 Å². The smallest absolute Gasteiger partial charge is 0.411 e. The number of nitrogens with one attached hydrogen (secondary N) is 2. The molecule has 2 aromatic rings. The highest BCUT2D eigenvalue weighted by molar-refractivity contribution is 5.95. The second kappa shape index (κ2) is 10.1. The first kappa shape index (κ1) is 20.9. The van der Waals surface area contributed by atoms with Gasteiger partial charge in [-0.25, -0.2) is 4.79 Å². The molecule has 0 saturated heterocycles. The topological polar surface area (TPSA) is 95.1 Å². The van der Waals surface area contributed by atoms with Crippen LogP contribution in [0.1, 0.15) is 22.8 Å². The van der Waals surface area contributed by atoms with Crippen molar-refractivity contribution < 1.29 is 28.5 Å². The SMILES string of the molecule is CCOC(=O)Nc1ccc(C(=O)NCc2cc(OC)c(OC)cc2OC)cc1. The molecule has 150 valence electrons. The average molecular weight is 388 g/mol. The maximum Gasteiger partial charge on any atom is 0.411 e. The lowest BCUT2D eigenvalue weighted by Gasteiger charge is -2.14. The van der Waals surface area contributed by atoms with E-state index < -0.39 is 6.09 Å². The second-order valence-electron chi connectivity index (χ2n) is 5.62. The fourth-order valence-corrected chi connectivity index (χ4v) is 2.50. The van der Waals surface area contributed by atoms with Gasteiger partial charge in [-0.2, -0.15) is 0 Å². The van der Waals surface area contributed by atoms with Crippen LogP contribution in [0.5, 0.6) is 17.2 Å². The first-order valence-electron chi connectivity index (χ1n) is 8.63. The van der Waals surface area contributed by atoms with Crippen LogP contribution >= 0.6 is 0 Å². The van der Waals surface area contributed by atoms with Crippen molar-refractivity contribution in [2.45, 2.75) is 13.5 Å². The number of hydrogen-bond acceptors (Lipinski definition) is 6. The highest BCUT2D eigenvalue weighted by atomic mass is 16.5. The molecule has 0 saturated carbocycles. The number of amides is 2. The molecule has 8 heteroatoms. The normalized spacial score (nSPS) is 10.0. The molecular weight excluding hydrogens is 364 g/mol. The summed E-state index contributed by atoms with van der Waals surface area (Å²) in [6, 6.07) is 9.94. The molecule has 0 spiro atoms. The van der Waals surface area contributed by atoms with E-state index in [0.717, 1.165) is 5.56 Å². The zero-order valence-electron chi connectivity index (χ0n) is 16.3. The van der Waals surface area contributed by atoms with E-state index in [1.165, 1.54) is 0 Å². The minimum atomic E-state index is -0.541. The van der Waals surface area contributed by atoms with Crippen LogP contribution in [0.3, 0.4) is 0 Å². The van der Waals surface area contributed by atoms with E-state index in [1.54, 1.807) is 64.7 Å². The summed E-state index contributed by atoms with van der Waals surface area (Å²) in [4.78, 5) is 23.8.